The van der Waals surface area contributed by atoms with Crippen molar-refractivity contribution in [2.45, 2.75) is 12.8 Å². The van der Waals surface area contributed by atoms with Crippen molar-refractivity contribution < 1.29 is 4.79 Å². The summed E-state index contributed by atoms with van der Waals surface area (Å²) in [7, 11) is 0. The number of nitrogens with one attached hydrogen (secondary N) is 1. The summed E-state index contributed by atoms with van der Waals surface area (Å²) >= 11 is 0. The van der Waals surface area contributed by atoms with Gasteiger partial charge in [0.25, 0.3) is 5.91 Å². The van der Waals surface area contributed by atoms with Crippen LogP contribution in [-0.4, -0.2) is 19.0 Å². The highest BCUT2D eigenvalue weighted by molar-refractivity contribution is 5.95. The Morgan fingerprint density at radius 3 is 2.88 bits per heavy atom. The predicted octanol–water partition coefficient (Wildman–Crippen LogP) is 0.941. The zero-order valence-corrected chi connectivity index (χ0v) is 9.20. The number of rotatable bonds is 5. The van der Waals surface area contributed by atoms with Gasteiger partial charge in [-0.05, 0) is 24.6 Å². The average molecular weight is 216 g/mol. The first-order valence-corrected chi connectivity index (χ1v) is 5.29. The smallest absolute Gasteiger partial charge is 0.251 e. The highest BCUT2D eigenvalue weighted by Gasteiger charge is 2.08. The quantitative estimate of drug-likeness (QED) is 0.568. The van der Waals surface area contributed by atoms with Crippen LogP contribution in [0.1, 0.15) is 22.3 Å². The zero-order valence-electron chi connectivity index (χ0n) is 9.20. The number of hydrogen-bond acceptors (Lipinski definition) is 2. The second-order valence-electron chi connectivity index (χ2n) is 3.41. The fraction of sp³-hybridized carbons (Fsp3) is 0.308. The fourth-order valence-corrected chi connectivity index (χ4v) is 1.46. The molecule has 0 spiro atoms. The summed E-state index contributed by atoms with van der Waals surface area (Å²) in [4.78, 5) is 11.8. The van der Waals surface area contributed by atoms with E-state index in [1.54, 1.807) is 6.07 Å². The predicted molar refractivity (Wildman–Crippen MR) is 65.0 cm³/mol. The van der Waals surface area contributed by atoms with Crippen LogP contribution in [0.5, 0.6) is 0 Å². The molecule has 0 bridgehead atoms. The second-order valence-corrected chi connectivity index (χ2v) is 3.41. The lowest BCUT2D eigenvalue weighted by atomic mass is 10.0. The summed E-state index contributed by atoms with van der Waals surface area (Å²) in [6, 6.07) is 7.47. The van der Waals surface area contributed by atoms with Gasteiger partial charge in [0.15, 0.2) is 0 Å². The van der Waals surface area contributed by atoms with Crippen LogP contribution in [0.15, 0.2) is 24.3 Å². The summed E-state index contributed by atoms with van der Waals surface area (Å²) in [5, 5.41) is 2.78. The molecule has 0 saturated carbocycles. The summed E-state index contributed by atoms with van der Waals surface area (Å²) in [5.41, 5.74) is 7.15. The Kier molecular flexibility index (Phi) is 5.10. The lowest BCUT2D eigenvalue weighted by Gasteiger charge is -2.08. The topological polar surface area (TPSA) is 55.1 Å². The Balaban J connectivity index is 2.70. The van der Waals surface area contributed by atoms with Crippen LogP contribution >= 0.6 is 0 Å². The van der Waals surface area contributed by atoms with E-state index in [-0.39, 0.29) is 5.91 Å². The first-order chi connectivity index (χ1) is 7.79. The van der Waals surface area contributed by atoms with E-state index in [2.05, 4.69) is 11.2 Å². The standard InChI is InChI=1S/C13H16N2O/c1-2-3-10-15-13(16)12-7-5-4-6-11(12)8-9-14/h1,4-7H,3,8-10,14H2,(H,15,16). The fourth-order valence-electron chi connectivity index (χ4n) is 1.46. The number of carbonyl (C=O) groups excluding carboxylic acids is 1. The van der Waals surface area contributed by atoms with Gasteiger partial charge in [-0.3, -0.25) is 4.79 Å². The minimum atomic E-state index is -0.0840. The monoisotopic (exact) mass is 216 g/mol. The number of terminal acetylenes is 1. The Bertz CT molecular complexity index is 393. The molecule has 3 nitrogen and oxygen atoms in total. The van der Waals surface area contributed by atoms with E-state index in [1.807, 2.05) is 18.2 Å². The van der Waals surface area contributed by atoms with Crippen LogP contribution in [0.4, 0.5) is 0 Å². The second kappa shape index (κ2) is 6.65. The number of carbonyl (C=O) groups is 1. The Morgan fingerprint density at radius 1 is 1.44 bits per heavy atom. The third-order valence-corrected chi connectivity index (χ3v) is 2.23. The molecular formula is C13H16N2O. The molecule has 1 aromatic rings. The van der Waals surface area contributed by atoms with Crippen molar-refractivity contribution in [3.05, 3.63) is 35.4 Å². The van der Waals surface area contributed by atoms with Gasteiger partial charge in [0.2, 0.25) is 0 Å². The summed E-state index contributed by atoms with van der Waals surface area (Å²) < 4.78 is 0. The normalized spacial score (nSPS) is 9.50. The largest absolute Gasteiger partial charge is 0.351 e. The molecular weight excluding hydrogens is 200 g/mol. The first-order valence-electron chi connectivity index (χ1n) is 5.29. The van der Waals surface area contributed by atoms with Gasteiger partial charge in [-0.25, -0.2) is 0 Å². The molecule has 0 aliphatic rings. The zero-order chi connectivity index (χ0) is 11.8. The van der Waals surface area contributed by atoms with Crippen LogP contribution in [0.25, 0.3) is 0 Å². The third-order valence-electron chi connectivity index (χ3n) is 2.23. The number of amides is 1. The van der Waals surface area contributed by atoms with Crippen molar-refractivity contribution in [1.29, 1.82) is 0 Å². The molecule has 16 heavy (non-hydrogen) atoms. The van der Waals surface area contributed by atoms with Gasteiger partial charge in [0.1, 0.15) is 0 Å². The van der Waals surface area contributed by atoms with Crippen LogP contribution in [0, 0.1) is 12.3 Å². The van der Waals surface area contributed by atoms with E-state index in [0.29, 0.717) is 31.5 Å². The van der Waals surface area contributed by atoms with Gasteiger partial charge < -0.3 is 11.1 Å². The molecule has 0 saturated heterocycles. The molecule has 3 heteroatoms. The maximum atomic E-state index is 11.8. The van der Waals surface area contributed by atoms with E-state index in [4.69, 9.17) is 12.2 Å². The maximum Gasteiger partial charge on any atom is 0.251 e. The number of benzene rings is 1. The highest BCUT2D eigenvalue weighted by Crippen LogP contribution is 2.08. The Morgan fingerprint density at radius 2 is 2.19 bits per heavy atom. The van der Waals surface area contributed by atoms with Crippen molar-refractivity contribution in [3.8, 4) is 12.3 Å². The summed E-state index contributed by atoms with van der Waals surface area (Å²) in [6.07, 6.45) is 6.37. The van der Waals surface area contributed by atoms with E-state index in [0.717, 1.165) is 5.56 Å². The molecule has 0 atom stereocenters. The van der Waals surface area contributed by atoms with Crippen molar-refractivity contribution >= 4 is 5.91 Å². The van der Waals surface area contributed by atoms with Gasteiger partial charge in [-0.1, -0.05) is 18.2 Å². The molecule has 0 fully saturated rings. The van der Waals surface area contributed by atoms with E-state index < -0.39 is 0 Å². The van der Waals surface area contributed by atoms with Crippen LogP contribution in [-0.2, 0) is 6.42 Å². The van der Waals surface area contributed by atoms with Crippen molar-refractivity contribution in [2.24, 2.45) is 5.73 Å². The van der Waals surface area contributed by atoms with E-state index >= 15 is 0 Å². The molecule has 0 aliphatic heterocycles. The average Bonchev–Trinajstić information content (AvgIpc) is 2.30. The van der Waals surface area contributed by atoms with Crippen LogP contribution in [0.2, 0.25) is 0 Å². The Hall–Kier alpha value is -1.79. The van der Waals surface area contributed by atoms with Crippen molar-refractivity contribution in [1.82, 2.24) is 5.32 Å². The Labute approximate surface area is 96.0 Å². The van der Waals surface area contributed by atoms with Crippen LogP contribution in [0.3, 0.4) is 0 Å². The van der Waals surface area contributed by atoms with Crippen molar-refractivity contribution in [3.63, 3.8) is 0 Å². The molecule has 84 valence electrons. The summed E-state index contributed by atoms with van der Waals surface area (Å²) in [5.74, 6) is 2.40. The molecule has 1 aromatic carbocycles. The number of nitrogens with two attached hydrogens (primary N) is 1. The number of hydrogen-bond donors (Lipinski definition) is 2. The summed E-state index contributed by atoms with van der Waals surface area (Å²) in [6.45, 7) is 1.04. The minimum Gasteiger partial charge on any atom is -0.351 e. The SMILES string of the molecule is C#CCCNC(=O)c1ccccc1CCN. The molecule has 3 N–H and O–H groups in total. The van der Waals surface area contributed by atoms with Gasteiger partial charge in [0.05, 0.1) is 0 Å². The lowest BCUT2D eigenvalue weighted by Crippen LogP contribution is -2.25. The van der Waals surface area contributed by atoms with Gasteiger partial charge in [0, 0.05) is 18.5 Å². The van der Waals surface area contributed by atoms with Gasteiger partial charge in [-0.15, -0.1) is 12.3 Å². The lowest BCUT2D eigenvalue weighted by molar-refractivity contribution is 0.0953. The molecule has 0 heterocycles. The van der Waals surface area contributed by atoms with Crippen LogP contribution < -0.4 is 11.1 Å². The molecule has 0 aromatic heterocycles. The molecule has 0 unspecified atom stereocenters. The molecule has 1 rings (SSSR count). The van der Waals surface area contributed by atoms with E-state index in [9.17, 15) is 4.79 Å². The molecule has 1 amide bonds. The van der Waals surface area contributed by atoms with Crippen molar-refractivity contribution in [2.75, 3.05) is 13.1 Å². The highest BCUT2D eigenvalue weighted by atomic mass is 16.1. The minimum absolute atomic E-state index is 0.0840. The molecule has 0 aliphatic carbocycles. The molecule has 0 radical (unpaired) electrons. The van der Waals surface area contributed by atoms with E-state index in [1.165, 1.54) is 0 Å². The maximum absolute atomic E-state index is 11.8. The first kappa shape index (κ1) is 12.3. The van der Waals surface area contributed by atoms with Gasteiger partial charge >= 0.3 is 0 Å². The van der Waals surface area contributed by atoms with Gasteiger partial charge in [-0.2, -0.15) is 0 Å². The third kappa shape index (κ3) is 3.41.